The third kappa shape index (κ3) is 3.65. The van der Waals surface area contributed by atoms with E-state index >= 15 is 0 Å². The van der Waals surface area contributed by atoms with E-state index in [0.717, 1.165) is 0 Å². The van der Waals surface area contributed by atoms with Crippen molar-refractivity contribution in [2.75, 3.05) is 0 Å². The number of carbonyl (C=O) groups excluding carboxylic acids is 1. The summed E-state index contributed by atoms with van der Waals surface area (Å²) in [5.41, 5.74) is 6.81. The molecule has 1 saturated carbocycles. The van der Waals surface area contributed by atoms with E-state index in [-0.39, 0.29) is 11.9 Å². The molecule has 3 heteroatoms. The molecule has 2 rings (SSSR count). The fraction of sp³-hybridized carbons (Fsp3) is 0.611. The lowest BCUT2D eigenvalue weighted by Gasteiger charge is -2.37. The molecule has 0 spiro atoms. The van der Waals surface area contributed by atoms with Crippen LogP contribution in [-0.2, 0) is 11.3 Å². The quantitative estimate of drug-likeness (QED) is 0.836. The molecule has 0 aliphatic heterocycles. The van der Waals surface area contributed by atoms with Gasteiger partial charge in [0, 0.05) is 12.6 Å². The zero-order chi connectivity index (χ0) is 15.5. The van der Waals surface area contributed by atoms with Crippen LogP contribution in [0, 0.1) is 5.92 Å². The summed E-state index contributed by atoms with van der Waals surface area (Å²) in [4.78, 5) is 15.0. The summed E-state index contributed by atoms with van der Waals surface area (Å²) in [6.45, 7) is 6.84. The van der Waals surface area contributed by atoms with Crippen LogP contribution in [-0.4, -0.2) is 22.4 Å². The number of hydrogen-bond donors (Lipinski definition) is 1. The lowest BCUT2D eigenvalue weighted by molar-refractivity contribution is -0.140. The van der Waals surface area contributed by atoms with E-state index in [1.54, 1.807) is 0 Å². The van der Waals surface area contributed by atoms with Crippen LogP contribution >= 0.6 is 0 Å². The molecule has 0 bridgehead atoms. The molecule has 0 radical (unpaired) electrons. The molecule has 3 nitrogen and oxygen atoms in total. The summed E-state index contributed by atoms with van der Waals surface area (Å²) < 4.78 is 0. The maximum Gasteiger partial charge on any atom is 0.243 e. The fourth-order valence-corrected chi connectivity index (χ4v) is 2.85. The minimum atomic E-state index is -0.724. The highest BCUT2D eigenvalue weighted by molar-refractivity contribution is 5.86. The molecular formula is C18H28N2O. The maximum absolute atomic E-state index is 13.0. The Morgan fingerprint density at radius 3 is 2.33 bits per heavy atom. The molecule has 1 aliphatic carbocycles. The van der Waals surface area contributed by atoms with Gasteiger partial charge in [-0.1, -0.05) is 44.2 Å². The minimum Gasteiger partial charge on any atom is -0.334 e. The summed E-state index contributed by atoms with van der Waals surface area (Å²) in [5.74, 6) is 0.756. The molecule has 116 valence electrons. The van der Waals surface area contributed by atoms with Crippen LogP contribution in [0.5, 0.6) is 0 Å². The Labute approximate surface area is 128 Å². The number of amides is 1. The molecule has 0 heterocycles. The predicted molar refractivity (Wildman–Crippen MR) is 86.7 cm³/mol. The van der Waals surface area contributed by atoms with Crippen molar-refractivity contribution in [3.05, 3.63) is 35.9 Å². The second kappa shape index (κ2) is 6.61. The first-order valence-electron chi connectivity index (χ1n) is 8.15. The van der Waals surface area contributed by atoms with Gasteiger partial charge < -0.3 is 10.6 Å². The van der Waals surface area contributed by atoms with Gasteiger partial charge in [0.05, 0.1) is 5.54 Å². The lowest BCUT2D eigenvalue weighted by atomic mass is 9.91. The van der Waals surface area contributed by atoms with E-state index in [1.165, 1.54) is 18.4 Å². The number of nitrogens with zero attached hydrogens (tertiary/aromatic N) is 1. The largest absolute Gasteiger partial charge is 0.334 e. The van der Waals surface area contributed by atoms with Gasteiger partial charge in [-0.3, -0.25) is 4.79 Å². The third-order valence-electron chi connectivity index (χ3n) is 4.94. The lowest BCUT2D eigenvalue weighted by Crippen LogP contribution is -2.56. The molecule has 21 heavy (non-hydrogen) atoms. The maximum atomic E-state index is 13.0. The zero-order valence-electron chi connectivity index (χ0n) is 13.5. The molecule has 2 N–H and O–H groups in total. The predicted octanol–water partition coefficient (Wildman–Crippen LogP) is 3.33. The van der Waals surface area contributed by atoms with Crippen molar-refractivity contribution in [2.45, 2.75) is 64.6 Å². The summed E-state index contributed by atoms with van der Waals surface area (Å²) >= 11 is 0. The average molecular weight is 288 g/mol. The molecule has 1 aliphatic rings. The van der Waals surface area contributed by atoms with Crippen molar-refractivity contribution in [1.29, 1.82) is 0 Å². The van der Waals surface area contributed by atoms with Crippen LogP contribution in [0.2, 0.25) is 0 Å². The van der Waals surface area contributed by atoms with Crippen molar-refractivity contribution in [3.63, 3.8) is 0 Å². The topological polar surface area (TPSA) is 46.3 Å². The number of carbonyl (C=O) groups is 1. The van der Waals surface area contributed by atoms with Gasteiger partial charge >= 0.3 is 0 Å². The molecule has 1 unspecified atom stereocenters. The summed E-state index contributed by atoms with van der Waals surface area (Å²) in [7, 11) is 0. The number of hydrogen-bond acceptors (Lipinski definition) is 2. The Morgan fingerprint density at radius 2 is 1.86 bits per heavy atom. The van der Waals surface area contributed by atoms with Crippen molar-refractivity contribution < 1.29 is 4.79 Å². The Kier molecular flexibility index (Phi) is 5.04. The second-order valence-corrected chi connectivity index (χ2v) is 6.36. The van der Waals surface area contributed by atoms with E-state index in [1.807, 2.05) is 36.9 Å². The van der Waals surface area contributed by atoms with Crippen molar-refractivity contribution >= 4 is 5.91 Å². The van der Waals surface area contributed by atoms with E-state index in [0.29, 0.717) is 25.3 Å². The Hall–Kier alpha value is -1.35. The van der Waals surface area contributed by atoms with E-state index in [4.69, 9.17) is 5.73 Å². The van der Waals surface area contributed by atoms with Gasteiger partial charge in [-0.15, -0.1) is 0 Å². The van der Waals surface area contributed by atoms with Gasteiger partial charge in [-0.2, -0.15) is 0 Å². The monoisotopic (exact) mass is 288 g/mol. The Balaban J connectivity index is 2.21. The average Bonchev–Trinajstić information content (AvgIpc) is 3.36. The van der Waals surface area contributed by atoms with Crippen molar-refractivity contribution in [2.24, 2.45) is 11.7 Å². The van der Waals surface area contributed by atoms with Gasteiger partial charge in [-0.05, 0) is 44.1 Å². The summed E-state index contributed by atoms with van der Waals surface area (Å²) in [6.07, 6.45) is 3.83. The molecule has 0 saturated heterocycles. The molecule has 1 atom stereocenters. The SMILES string of the molecule is CCC(N)(CC)C(=O)N(Cc1ccccc1)C(C)C1CC1. The normalized spacial score (nSPS) is 16.6. The van der Waals surface area contributed by atoms with Crippen LogP contribution in [0.4, 0.5) is 0 Å². The standard InChI is InChI=1S/C18H28N2O/c1-4-18(19,5-2)17(21)20(14(3)16-11-12-16)13-15-9-7-6-8-10-15/h6-10,14,16H,4-5,11-13,19H2,1-3H3. The number of benzene rings is 1. The van der Waals surface area contributed by atoms with E-state index in [9.17, 15) is 4.79 Å². The van der Waals surface area contributed by atoms with Gasteiger partial charge in [-0.25, -0.2) is 0 Å². The summed E-state index contributed by atoms with van der Waals surface area (Å²) in [6, 6.07) is 10.5. The van der Waals surface area contributed by atoms with Crippen LogP contribution < -0.4 is 5.73 Å². The molecule has 1 aromatic carbocycles. The molecule has 1 fully saturated rings. The molecule has 1 amide bonds. The van der Waals surface area contributed by atoms with E-state index < -0.39 is 5.54 Å². The van der Waals surface area contributed by atoms with Crippen molar-refractivity contribution in [3.8, 4) is 0 Å². The zero-order valence-corrected chi connectivity index (χ0v) is 13.5. The van der Waals surface area contributed by atoms with Gasteiger partial charge in [0.2, 0.25) is 5.91 Å². The van der Waals surface area contributed by atoms with Crippen LogP contribution in [0.1, 0.15) is 52.0 Å². The highest BCUT2D eigenvalue weighted by atomic mass is 16.2. The Bertz CT molecular complexity index is 463. The molecule has 0 aromatic heterocycles. The first-order valence-corrected chi connectivity index (χ1v) is 8.15. The van der Waals surface area contributed by atoms with E-state index in [2.05, 4.69) is 19.1 Å². The minimum absolute atomic E-state index is 0.107. The van der Waals surface area contributed by atoms with Gasteiger partial charge in [0.1, 0.15) is 0 Å². The highest BCUT2D eigenvalue weighted by Crippen LogP contribution is 2.36. The first-order chi connectivity index (χ1) is 10.0. The van der Waals surface area contributed by atoms with Gasteiger partial charge in [0.15, 0.2) is 0 Å². The Morgan fingerprint density at radius 1 is 1.29 bits per heavy atom. The van der Waals surface area contributed by atoms with Crippen molar-refractivity contribution in [1.82, 2.24) is 4.90 Å². The second-order valence-electron chi connectivity index (χ2n) is 6.36. The smallest absolute Gasteiger partial charge is 0.243 e. The number of rotatable bonds is 7. The first kappa shape index (κ1) is 16.0. The van der Waals surface area contributed by atoms with Gasteiger partial charge in [0.25, 0.3) is 0 Å². The third-order valence-corrected chi connectivity index (χ3v) is 4.94. The number of nitrogens with two attached hydrogens (primary N) is 1. The summed E-state index contributed by atoms with van der Waals surface area (Å²) in [5, 5.41) is 0. The van der Waals surface area contributed by atoms with Crippen LogP contribution in [0.25, 0.3) is 0 Å². The molecular weight excluding hydrogens is 260 g/mol. The van der Waals surface area contributed by atoms with Crippen LogP contribution in [0.3, 0.4) is 0 Å². The van der Waals surface area contributed by atoms with Crippen LogP contribution in [0.15, 0.2) is 30.3 Å². The fourth-order valence-electron chi connectivity index (χ4n) is 2.85. The molecule has 1 aromatic rings. The highest BCUT2D eigenvalue weighted by Gasteiger charge is 2.40.